The molecule has 0 aliphatic carbocycles. The van der Waals surface area contributed by atoms with E-state index in [1.54, 1.807) is 0 Å². The van der Waals surface area contributed by atoms with Gasteiger partial charge in [0.05, 0.1) is 29.6 Å². The van der Waals surface area contributed by atoms with E-state index in [9.17, 15) is 22.0 Å². The molecule has 3 atom stereocenters. The first-order valence-electron chi connectivity index (χ1n) is 7.31. The van der Waals surface area contributed by atoms with Crippen LogP contribution in [0.1, 0.15) is 24.4 Å². The van der Waals surface area contributed by atoms with Gasteiger partial charge in [-0.05, 0) is 18.6 Å². The van der Waals surface area contributed by atoms with Crippen LogP contribution in [0.5, 0.6) is 0 Å². The van der Waals surface area contributed by atoms with Crippen molar-refractivity contribution >= 4 is 15.7 Å². The summed E-state index contributed by atoms with van der Waals surface area (Å²) in [7, 11) is -3.14. The molecule has 1 aromatic carbocycles. The van der Waals surface area contributed by atoms with Crippen molar-refractivity contribution in [2.45, 2.75) is 25.0 Å². The monoisotopic (exact) mass is 345 g/mol. The predicted octanol–water partition coefficient (Wildman–Crippen LogP) is 0.381. The van der Waals surface area contributed by atoms with Gasteiger partial charge >= 0.3 is 0 Å². The third-order valence-corrected chi connectivity index (χ3v) is 5.94. The number of sulfone groups is 1. The molecule has 2 aliphatic heterocycles. The van der Waals surface area contributed by atoms with Gasteiger partial charge in [-0.3, -0.25) is 4.79 Å². The average Bonchev–Trinajstić information content (AvgIpc) is 3.05. The lowest BCUT2D eigenvalue weighted by Crippen LogP contribution is -2.46. The van der Waals surface area contributed by atoms with Crippen molar-refractivity contribution in [3.8, 4) is 0 Å². The third-order valence-electron chi connectivity index (χ3n) is 4.17. The number of hydrogen-bond acceptors (Lipinski definition) is 5. The molecule has 1 aromatic rings. The van der Waals surface area contributed by atoms with Crippen molar-refractivity contribution in [2.75, 3.05) is 11.5 Å². The molecule has 3 N–H and O–H groups in total. The van der Waals surface area contributed by atoms with Gasteiger partial charge in [0.25, 0.3) is 0 Å². The molecule has 2 aliphatic rings. The summed E-state index contributed by atoms with van der Waals surface area (Å²) in [4.78, 5) is 12.1. The van der Waals surface area contributed by atoms with E-state index < -0.39 is 39.6 Å². The minimum atomic E-state index is -3.14. The molecule has 9 heteroatoms. The summed E-state index contributed by atoms with van der Waals surface area (Å²) < 4.78 is 50.3. The second-order valence-electron chi connectivity index (χ2n) is 5.87. The summed E-state index contributed by atoms with van der Waals surface area (Å²) in [5.74, 6) is -2.36. The van der Waals surface area contributed by atoms with E-state index in [0.717, 1.165) is 0 Å². The Morgan fingerprint density at radius 3 is 2.52 bits per heavy atom. The molecule has 6 nitrogen and oxygen atoms in total. The van der Waals surface area contributed by atoms with E-state index in [1.807, 2.05) is 0 Å². The lowest BCUT2D eigenvalue weighted by Gasteiger charge is -2.15. The van der Waals surface area contributed by atoms with Crippen LogP contribution in [0.2, 0.25) is 0 Å². The van der Waals surface area contributed by atoms with Crippen molar-refractivity contribution in [3.05, 3.63) is 35.4 Å². The zero-order chi connectivity index (χ0) is 16.6. The lowest BCUT2D eigenvalue weighted by atomic mass is 10.0. The van der Waals surface area contributed by atoms with Crippen LogP contribution < -0.4 is 16.2 Å². The number of carbonyl (C=O) groups excluding carboxylic acids is 1. The summed E-state index contributed by atoms with van der Waals surface area (Å²) in [6, 6.07) is 3.02. The Morgan fingerprint density at radius 2 is 1.91 bits per heavy atom. The number of hydrogen-bond donors (Lipinski definition) is 3. The molecule has 0 spiro atoms. The molecular weight excluding hydrogens is 328 g/mol. The minimum absolute atomic E-state index is 0.0183. The van der Waals surface area contributed by atoms with E-state index in [2.05, 4.69) is 16.2 Å². The maximum atomic E-state index is 13.8. The molecule has 2 fully saturated rings. The molecule has 126 valence electrons. The fourth-order valence-corrected chi connectivity index (χ4v) is 4.72. The molecule has 0 radical (unpaired) electrons. The highest BCUT2D eigenvalue weighted by atomic mass is 32.2. The summed E-state index contributed by atoms with van der Waals surface area (Å²) in [6.45, 7) is 0. The number of nitrogens with one attached hydrogen (secondary N) is 3. The van der Waals surface area contributed by atoms with Crippen LogP contribution in [-0.2, 0) is 14.6 Å². The quantitative estimate of drug-likeness (QED) is 0.737. The summed E-state index contributed by atoms with van der Waals surface area (Å²) in [6.07, 6.45) is 0.0396. The summed E-state index contributed by atoms with van der Waals surface area (Å²) in [5, 5.41) is 2.68. The molecular formula is C14H17F2N3O3S. The van der Waals surface area contributed by atoms with Crippen LogP contribution in [0, 0.1) is 17.6 Å². The number of carbonyl (C=O) groups is 1. The molecule has 3 unspecified atom stereocenters. The van der Waals surface area contributed by atoms with Crippen LogP contribution in [0.25, 0.3) is 0 Å². The van der Waals surface area contributed by atoms with Gasteiger partial charge in [0.15, 0.2) is 9.84 Å². The number of benzene rings is 1. The van der Waals surface area contributed by atoms with Gasteiger partial charge < -0.3 is 5.32 Å². The van der Waals surface area contributed by atoms with Crippen molar-refractivity contribution in [2.24, 2.45) is 5.92 Å². The zero-order valence-electron chi connectivity index (χ0n) is 12.2. The molecule has 0 saturated carbocycles. The third kappa shape index (κ3) is 3.51. The highest BCUT2D eigenvalue weighted by Crippen LogP contribution is 2.27. The van der Waals surface area contributed by atoms with E-state index in [0.29, 0.717) is 6.42 Å². The Hall–Kier alpha value is -1.58. The Labute approximate surface area is 132 Å². The largest absolute Gasteiger partial charge is 0.339 e. The van der Waals surface area contributed by atoms with Crippen molar-refractivity contribution in [3.63, 3.8) is 0 Å². The van der Waals surface area contributed by atoms with Gasteiger partial charge in [-0.2, -0.15) is 0 Å². The molecule has 23 heavy (non-hydrogen) atoms. The van der Waals surface area contributed by atoms with E-state index in [-0.39, 0.29) is 29.4 Å². The van der Waals surface area contributed by atoms with Crippen molar-refractivity contribution in [1.29, 1.82) is 0 Å². The smallest absolute Gasteiger partial charge is 0.225 e. The highest BCUT2D eigenvalue weighted by molar-refractivity contribution is 7.91. The fourth-order valence-electron chi connectivity index (χ4n) is 2.97. The first-order chi connectivity index (χ1) is 10.9. The maximum absolute atomic E-state index is 13.8. The van der Waals surface area contributed by atoms with Gasteiger partial charge in [0, 0.05) is 12.0 Å². The van der Waals surface area contributed by atoms with Crippen molar-refractivity contribution in [1.82, 2.24) is 16.2 Å². The van der Waals surface area contributed by atoms with Crippen LogP contribution in [0.4, 0.5) is 8.78 Å². The molecule has 0 aromatic heterocycles. The number of amides is 1. The van der Waals surface area contributed by atoms with Gasteiger partial charge in [0.2, 0.25) is 5.91 Å². The van der Waals surface area contributed by atoms with Crippen molar-refractivity contribution < 1.29 is 22.0 Å². The predicted molar refractivity (Wildman–Crippen MR) is 78.7 cm³/mol. The van der Waals surface area contributed by atoms with Gasteiger partial charge in [-0.1, -0.05) is 6.07 Å². The molecule has 1 amide bonds. The standard InChI is InChI=1S/C14H17F2N3O3S/c15-9-2-1-3-10(16)13(9)11-6-12(19-18-11)17-14(20)8-4-5-23(21,22)7-8/h1-3,8,11-12,18-19H,4-7H2,(H,17,20). The van der Waals surface area contributed by atoms with E-state index in [4.69, 9.17) is 0 Å². The van der Waals surface area contributed by atoms with Gasteiger partial charge in [0.1, 0.15) is 11.6 Å². The molecule has 3 rings (SSSR count). The summed E-state index contributed by atoms with van der Waals surface area (Å²) in [5.41, 5.74) is 5.44. The first kappa shape index (κ1) is 16.3. The van der Waals surface area contributed by atoms with Crippen LogP contribution in [-0.4, -0.2) is 32.0 Å². The zero-order valence-corrected chi connectivity index (χ0v) is 13.0. The van der Waals surface area contributed by atoms with E-state index in [1.165, 1.54) is 18.2 Å². The van der Waals surface area contributed by atoms with Gasteiger partial charge in [-0.15, -0.1) is 0 Å². The normalized spacial score (nSPS) is 29.6. The Bertz CT molecular complexity index is 706. The Kier molecular flexibility index (Phi) is 4.35. The number of halogens is 2. The number of hydrazine groups is 1. The lowest BCUT2D eigenvalue weighted by molar-refractivity contribution is -0.125. The maximum Gasteiger partial charge on any atom is 0.225 e. The SMILES string of the molecule is O=C(NC1CC(c2c(F)cccc2F)NN1)C1CCS(=O)(=O)C1. The first-order valence-corrected chi connectivity index (χ1v) is 9.13. The highest BCUT2D eigenvalue weighted by Gasteiger charge is 2.36. The molecule has 2 heterocycles. The topological polar surface area (TPSA) is 87.3 Å². The summed E-state index contributed by atoms with van der Waals surface area (Å²) >= 11 is 0. The average molecular weight is 345 g/mol. The Morgan fingerprint density at radius 1 is 1.22 bits per heavy atom. The van der Waals surface area contributed by atoms with Crippen LogP contribution in [0.3, 0.4) is 0 Å². The fraction of sp³-hybridized carbons (Fsp3) is 0.500. The van der Waals surface area contributed by atoms with Gasteiger partial charge in [-0.25, -0.2) is 28.1 Å². The molecule has 0 bridgehead atoms. The van der Waals surface area contributed by atoms with Crippen LogP contribution >= 0.6 is 0 Å². The van der Waals surface area contributed by atoms with E-state index >= 15 is 0 Å². The second kappa shape index (κ2) is 6.14. The van der Waals surface area contributed by atoms with Crippen LogP contribution in [0.15, 0.2) is 18.2 Å². The number of rotatable bonds is 3. The Balaban J connectivity index is 1.61. The second-order valence-corrected chi connectivity index (χ2v) is 8.10. The minimum Gasteiger partial charge on any atom is -0.339 e. The molecule has 2 saturated heterocycles.